The van der Waals surface area contributed by atoms with Gasteiger partial charge in [0.1, 0.15) is 5.82 Å². The van der Waals surface area contributed by atoms with Crippen LogP contribution in [-0.2, 0) is 16.0 Å². The van der Waals surface area contributed by atoms with Gasteiger partial charge in [0.25, 0.3) is 0 Å². The highest BCUT2D eigenvalue weighted by atomic mass is 35.5. The number of fused-ring (bicyclic) bond motifs is 1. The van der Waals surface area contributed by atoms with Crippen LogP contribution in [0.5, 0.6) is 0 Å². The molecular formula is C18H14ClFN2O3. The molecule has 0 bridgehead atoms. The summed E-state index contributed by atoms with van der Waals surface area (Å²) in [6.45, 7) is 0. The Morgan fingerprint density at radius 3 is 2.76 bits per heavy atom. The van der Waals surface area contributed by atoms with E-state index in [0.29, 0.717) is 11.2 Å². The molecule has 0 saturated carbocycles. The highest BCUT2D eigenvalue weighted by Gasteiger charge is 2.13. The second-order valence-electron chi connectivity index (χ2n) is 5.41. The van der Waals surface area contributed by atoms with Crippen molar-refractivity contribution in [2.75, 3.05) is 12.4 Å². The van der Waals surface area contributed by atoms with Crippen LogP contribution < -0.4 is 5.32 Å². The molecule has 0 saturated heterocycles. The van der Waals surface area contributed by atoms with Crippen molar-refractivity contribution in [2.45, 2.75) is 6.42 Å². The van der Waals surface area contributed by atoms with E-state index in [1.165, 1.54) is 31.4 Å². The highest BCUT2D eigenvalue weighted by Crippen LogP contribution is 2.23. The zero-order valence-corrected chi connectivity index (χ0v) is 14.0. The first-order valence-corrected chi connectivity index (χ1v) is 7.79. The largest absolute Gasteiger partial charge is 0.465 e. The predicted molar refractivity (Wildman–Crippen MR) is 93.4 cm³/mol. The average Bonchev–Trinajstić information content (AvgIpc) is 2.96. The summed E-state index contributed by atoms with van der Waals surface area (Å²) in [6.07, 6.45) is 1.79. The topological polar surface area (TPSA) is 71.2 Å². The lowest BCUT2D eigenvalue weighted by Gasteiger charge is -2.08. The van der Waals surface area contributed by atoms with E-state index in [2.05, 4.69) is 15.0 Å². The van der Waals surface area contributed by atoms with Crippen LogP contribution in [0.25, 0.3) is 10.9 Å². The summed E-state index contributed by atoms with van der Waals surface area (Å²) in [5.74, 6) is -1.15. The van der Waals surface area contributed by atoms with E-state index < -0.39 is 5.97 Å². The van der Waals surface area contributed by atoms with Crippen LogP contribution in [0.1, 0.15) is 15.9 Å². The summed E-state index contributed by atoms with van der Waals surface area (Å²) in [5, 5.41) is 3.69. The molecule has 7 heteroatoms. The molecule has 0 spiro atoms. The van der Waals surface area contributed by atoms with Crippen molar-refractivity contribution in [3.63, 3.8) is 0 Å². The van der Waals surface area contributed by atoms with Gasteiger partial charge in [-0.05, 0) is 42.0 Å². The number of aromatic nitrogens is 1. The number of carbonyl (C=O) groups excluding carboxylic acids is 2. The predicted octanol–water partition coefficient (Wildman–Crippen LogP) is 3.93. The normalized spacial score (nSPS) is 10.7. The number of ether oxygens (including phenoxy) is 1. The smallest absolute Gasteiger partial charge is 0.339 e. The Morgan fingerprint density at radius 2 is 2.04 bits per heavy atom. The van der Waals surface area contributed by atoms with Crippen LogP contribution >= 0.6 is 11.6 Å². The first-order valence-electron chi connectivity index (χ1n) is 7.41. The van der Waals surface area contributed by atoms with Gasteiger partial charge in [0.15, 0.2) is 0 Å². The summed E-state index contributed by atoms with van der Waals surface area (Å²) in [4.78, 5) is 26.7. The first-order chi connectivity index (χ1) is 12.0. The first kappa shape index (κ1) is 17.0. The van der Waals surface area contributed by atoms with Crippen LogP contribution in [0.15, 0.2) is 42.6 Å². The van der Waals surface area contributed by atoms with Crippen LogP contribution in [0.2, 0.25) is 5.02 Å². The molecule has 1 amide bonds. The SMILES string of the molecule is COC(=O)c1ccc(NC(=O)Cc2c[nH]c3cc(F)ccc23)cc1Cl. The number of amides is 1. The quantitative estimate of drug-likeness (QED) is 0.692. The summed E-state index contributed by atoms with van der Waals surface area (Å²) < 4.78 is 17.8. The Bertz CT molecular complexity index is 968. The molecule has 1 heterocycles. The highest BCUT2D eigenvalue weighted by molar-refractivity contribution is 6.34. The van der Waals surface area contributed by atoms with E-state index in [4.69, 9.17) is 11.6 Å². The molecule has 3 rings (SSSR count). The molecule has 5 nitrogen and oxygen atoms in total. The second-order valence-corrected chi connectivity index (χ2v) is 5.82. The van der Waals surface area contributed by atoms with Gasteiger partial charge >= 0.3 is 5.97 Å². The van der Waals surface area contributed by atoms with Crippen molar-refractivity contribution >= 4 is 40.1 Å². The van der Waals surface area contributed by atoms with E-state index in [1.807, 2.05) is 0 Å². The number of nitrogens with one attached hydrogen (secondary N) is 2. The number of halogens is 2. The van der Waals surface area contributed by atoms with E-state index in [9.17, 15) is 14.0 Å². The van der Waals surface area contributed by atoms with Crippen LogP contribution in [0.4, 0.5) is 10.1 Å². The summed E-state index contributed by atoms with van der Waals surface area (Å²) in [5.41, 5.74) is 2.08. The molecule has 0 aliphatic carbocycles. The van der Waals surface area contributed by atoms with Gasteiger partial charge in [-0.2, -0.15) is 0 Å². The molecule has 0 atom stereocenters. The maximum absolute atomic E-state index is 13.2. The van der Waals surface area contributed by atoms with Crippen LogP contribution in [-0.4, -0.2) is 24.0 Å². The third-order valence-electron chi connectivity index (χ3n) is 3.74. The number of carbonyl (C=O) groups is 2. The maximum Gasteiger partial charge on any atom is 0.339 e. The molecule has 1 aromatic heterocycles. The van der Waals surface area contributed by atoms with Crippen molar-refractivity contribution < 1.29 is 18.7 Å². The maximum atomic E-state index is 13.2. The van der Waals surface area contributed by atoms with Crippen molar-refractivity contribution in [2.24, 2.45) is 0 Å². The number of hydrogen-bond donors (Lipinski definition) is 2. The minimum absolute atomic E-state index is 0.113. The van der Waals surface area contributed by atoms with Crippen LogP contribution in [0.3, 0.4) is 0 Å². The Morgan fingerprint density at radius 1 is 1.24 bits per heavy atom. The molecule has 0 fully saturated rings. The number of aromatic amines is 1. The number of anilines is 1. The molecule has 128 valence electrons. The Balaban J connectivity index is 1.74. The number of methoxy groups -OCH3 is 1. The summed E-state index contributed by atoms with van der Waals surface area (Å²) in [6, 6.07) is 8.89. The number of H-pyrrole nitrogens is 1. The number of rotatable bonds is 4. The molecule has 0 aliphatic heterocycles. The van der Waals surface area contributed by atoms with E-state index in [-0.39, 0.29) is 28.7 Å². The average molecular weight is 361 g/mol. The lowest BCUT2D eigenvalue weighted by atomic mass is 10.1. The fourth-order valence-electron chi connectivity index (χ4n) is 2.55. The monoisotopic (exact) mass is 360 g/mol. The molecule has 25 heavy (non-hydrogen) atoms. The molecule has 0 aliphatic rings. The molecule has 2 aromatic carbocycles. The lowest BCUT2D eigenvalue weighted by Crippen LogP contribution is -2.14. The number of hydrogen-bond acceptors (Lipinski definition) is 3. The summed E-state index contributed by atoms with van der Waals surface area (Å²) >= 11 is 6.03. The Labute approximate surface area is 147 Å². The van der Waals surface area contributed by atoms with Gasteiger partial charge < -0.3 is 15.0 Å². The van der Waals surface area contributed by atoms with Gasteiger partial charge in [-0.25, -0.2) is 9.18 Å². The second kappa shape index (κ2) is 6.94. The minimum atomic E-state index is -0.547. The molecular weight excluding hydrogens is 347 g/mol. The number of benzene rings is 2. The Hall–Kier alpha value is -2.86. The van der Waals surface area contributed by atoms with Gasteiger partial charge in [0, 0.05) is 22.8 Å². The number of esters is 1. The minimum Gasteiger partial charge on any atom is -0.465 e. The Kier molecular flexibility index (Phi) is 4.72. The van der Waals surface area contributed by atoms with Gasteiger partial charge in [0.2, 0.25) is 5.91 Å². The third-order valence-corrected chi connectivity index (χ3v) is 4.05. The van der Waals surface area contributed by atoms with Crippen molar-refractivity contribution in [3.8, 4) is 0 Å². The summed E-state index contributed by atoms with van der Waals surface area (Å²) in [7, 11) is 1.27. The lowest BCUT2D eigenvalue weighted by molar-refractivity contribution is -0.115. The van der Waals surface area contributed by atoms with Gasteiger partial charge in [-0.3, -0.25) is 4.79 Å². The van der Waals surface area contributed by atoms with Crippen molar-refractivity contribution in [3.05, 3.63) is 64.6 Å². The van der Waals surface area contributed by atoms with Crippen molar-refractivity contribution in [1.29, 1.82) is 0 Å². The van der Waals surface area contributed by atoms with Crippen molar-refractivity contribution in [1.82, 2.24) is 4.98 Å². The van der Waals surface area contributed by atoms with Gasteiger partial charge in [-0.15, -0.1) is 0 Å². The zero-order valence-electron chi connectivity index (χ0n) is 13.2. The van der Waals surface area contributed by atoms with E-state index in [1.54, 1.807) is 18.3 Å². The molecule has 0 unspecified atom stereocenters. The molecule has 3 aromatic rings. The standard InChI is InChI=1S/C18H14ClFN2O3/c1-25-18(24)14-5-3-12(8-15(14)19)22-17(23)6-10-9-21-16-7-11(20)2-4-13(10)16/h2-5,7-9,21H,6H2,1H3,(H,22,23). The fourth-order valence-corrected chi connectivity index (χ4v) is 2.81. The third kappa shape index (κ3) is 3.64. The molecule has 0 radical (unpaired) electrons. The van der Waals surface area contributed by atoms with Gasteiger partial charge in [0.05, 0.1) is 24.1 Å². The zero-order chi connectivity index (χ0) is 18.0. The van der Waals surface area contributed by atoms with E-state index in [0.717, 1.165) is 10.9 Å². The molecule has 2 N–H and O–H groups in total. The fraction of sp³-hybridized carbons (Fsp3) is 0.111. The van der Waals surface area contributed by atoms with Gasteiger partial charge in [-0.1, -0.05) is 11.6 Å². The van der Waals surface area contributed by atoms with E-state index >= 15 is 0 Å². The van der Waals surface area contributed by atoms with Crippen LogP contribution in [0, 0.1) is 5.82 Å².